The highest BCUT2D eigenvalue weighted by Crippen LogP contribution is 2.17. The van der Waals surface area contributed by atoms with E-state index in [0.29, 0.717) is 17.0 Å². The monoisotopic (exact) mass is 371 g/mol. The van der Waals surface area contributed by atoms with E-state index in [1.165, 1.54) is 11.8 Å². The van der Waals surface area contributed by atoms with Crippen molar-refractivity contribution in [3.05, 3.63) is 65.2 Å². The zero-order valence-corrected chi connectivity index (χ0v) is 15.3. The van der Waals surface area contributed by atoms with Gasteiger partial charge in [-0.15, -0.1) is 11.8 Å². The number of Topliss-reactive ketones (excluding diaryl/α,β-unsaturated/α-hetero) is 1. The predicted molar refractivity (Wildman–Crippen MR) is 104 cm³/mol. The molecule has 0 heterocycles. The number of ketones is 1. The predicted octanol–water partition coefficient (Wildman–Crippen LogP) is 3.91. The fourth-order valence-electron chi connectivity index (χ4n) is 2.33. The zero-order chi connectivity index (χ0) is 18.9. The lowest BCUT2D eigenvalue weighted by Crippen LogP contribution is -2.13. The highest BCUT2D eigenvalue weighted by molar-refractivity contribution is 7.99. The van der Waals surface area contributed by atoms with E-state index in [4.69, 9.17) is 5.11 Å². The normalized spacial score (nSPS) is 10.3. The van der Waals surface area contributed by atoms with E-state index >= 15 is 0 Å². The molecule has 0 bridgehead atoms. The van der Waals surface area contributed by atoms with Crippen molar-refractivity contribution in [1.82, 2.24) is 0 Å². The first-order valence-corrected chi connectivity index (χ1v) is 9.37. The lowest BCUT2D eigenvalue weighted by atomic mass is 10.0. The van der Waals surface area contributed by atoms with Crippen LogP contribution in [0.1, 0.15) is 34.3 Å². The number of benzene rings is 2. The van der Waals surface area contributed by atoms with Gasteiger partial charge in [0.05, 0.1) is 5.75 Å². The lowest BCUT2D eigenvalue weighted by Gasteiger charge is -2.07. The van der Waals surface area contributed by atoms with Crippen LogP contribution in [0.4, 0.5) is 5.69 Å². The first-order valence-electron chi connectivity index (χ1n) is 8.22. The number of anilines is 1. The maximum atomic E-state index is 12.1. The van der Waals surface area contributed by atoms with Gasteiger partial charge in [-0.05, 0) is 24.6 Å². The summed E-state index contributed by atoms with van der Waals surface area (Å²) in [4.78, 5) is 34.7. The topological polar surface area (TPSA) is 83.5 Å². The van der Waals surface area contributed by atoms with Gasteiger partial charge in [0.2, 0.25) is 5.91 Å². The molecule has 5 nitrogen and oxygen atoms in total. The summed E-state index contributed by atoms with van der Waals surface area (Å²) in [5.41, 5.74) is 3.28. The van der Waals surface area contributed by atoms with E-state index in [1.807, 2.05) is 37.3 Å². The van der Waals surface area contributed by atoms with Crippen molar-refractivity contribution in [3.8, 4) is 0 Å². The molecule has 26 heavy (non-hydrogen) atoms. The number of carbonyl (C=O) groups excluding carboxylic acids is 2. The van der Waals surface area contributed by atoms with E-state index in [1.54, 1.807) is 18.2 Å². The molecule has 0 aliphatic heterocycles. The van der Waals surface area contributed by atoms with Crippen LogP contribution in [0, 0.1) is 6.92 Å². The summed E-state index contributed by atoms with van der Waals surface area (Å²) in [6, 6.07) is 14.6. The van der Waals surface area contributed by atoms with Crippen LogP contribution in [0.5, 0.6) is 0 Å². The molecule has 0 aliphatic carbocycles. The first-order chi connectivity index (χ1) is 12.4. The molecule has 0 atom stereocenters. The molecule has 136 valence electrons. The summed E-state index contributed by atoms with van der Waals surface area (Å²) >= 11 is 1.30. The van der Waals surface area contributed by atoms with Gasteiger partial charge in [-0.2, -0.15) is 0 Å². The Morgan fingerprint density at radius 2 is 1.77 bits per heavy atom. The molecule has 0 aliphatic rings. The quantitative estimate of drug-likeness (QED) is 0.653. The summed E-state index contributed by atoms with van der Waals surface area (Å²) in [5.74, 6) is -0.530. The average Bonchev–Trinajstić information content (AvgIpc) is 2.60. The molecule has 0 saturated heterocycles. The third-order valence-corrected chi connectivity index (χ3v) is 4.65. The van der Waals surface area contributed by atoms with Crippen molar-refractivity contribution in [2.24, 2.45) is 0 Å². The second-order valence-electron chi connectivity index (χ2n) is 5.92. The van der Waals surface area contributed by atoms with Gasteiger partial charge < -0.3 is 10.4 Å². The zero-order valence-electron chi connectivity index (χ0n) is 14.5. The number of aryl methyl sites for hydroxylation is 1. The Bertz CT molecular complexity index is 787. The molecule has 0 aromatic heterocycles. The van der Waals surface area contributed by atoms with E-state index < -0.39 is 5.97 Å². The Labute approximate surface area is 156 Å². The fourth-order valence-corrected chi connectivity index (χ4v) is 3.02. The summed E-state index contributed by atoms with van der Waals surface area (Å²) in [5, 5.41) is 11.4. The van der Waals surface area contributed by atoms with E-state index in [0.717, 1.165) is 11.1 Å². The molecule has 0 saturated carbocycles. The average molecular weight is 371 g/mol. The molecule has 2 aromatic carbocycles. The molecule has 0 unspecified atom stereocenters. The van der Waals surface area contributed by atoms with E-state index in [-0.39, 0.29) is 30.3 Å². The van der Waals surface area contributed by atoms with Crippen molar-refractivity contribution in [3.63, 3.8) is 0 Å². The largest absolute Gasteiger partial charge is 0.481 e. The Morgan fingerprint density at radius 3 is 2.46 bits per heavy atom. The number of thioether (sulfide) groups is 1. The van der Waals surface area contributed by atoms with Gasteiger partial charge in [0, 0.05) is 29.8 Å². The molecule has 0 fully saturated rings. The number of amides is 1. The SMILES string of the molecule is Cc1ccc(C(=O)CCC(=O)Nc2cccc(CSCC(=O)O)c2)cc1. The van der Waals surface area contributed by atoms with Crippen molar-refractivity contribution < 1.29 is 19.5 Å². The van der Waals surface area contributed by atoms with Gasteiger partial charge in [0.1, 0.15) is 0 Å². The molecular weight excluding hydrogens is 350 g/mol. The van der Waals surface area contributed by atoms with E-state index in [2.05, 4.69) is 5.32 Å². The van der Waals surface area contributed by atoms with Gasteiger partial charge in [0.25, 0.3) is 0 Å². The van der Waals surface area contributed by atoms with Crippen molar-refractivity contribution >= 4 is 35.1 Å². The number of nitrogens with one attached hydrogen (secondary N) is 1. The minimum absolute atomic E-state index is 0.0394. The summed E-state index contributed by atoms with van der Waals surface area (Å²) in [7, 11) is 0. The van der Waals surface area contributed by atoms with Gasteiger partial charge in [-0.1, -0.05) is 42.0 Å². The van der Waals surface area contributed by atoms with E-state index in [9.17, 15) is 14.4 Å². The number of rotatable bonds is 9. The number of carbonyl (C=O) groups is 3. The van der Waals surface area contributed by atoms with Crippen LogP contribution in [-0.2, 0) is 15.3 Å². The second-order valence-corrected chi connectivity index (χ2v) is 6.91. The van der Waals surface area contributed by atoms with Crippen LogP contribution in [0.15, 0.2) is 48.5 Å². The van der Waals surface area contributed by atoms with Crippen molar-refractivity contribution in [1.29, 1.82) is 0 Å². The molecule has 0 radical (unpaired) electrons. The lowest BCUT2D eigenvalue weighted by molar-refractivity contribution is -0.133. The standard InChI is InChI=1S/C20H21NO4S/c1-14-5-7-16(8-6-14)18(22)9-10-19(23)21-17-4-2-3-15(11-17)12-26-13-20(24)25/h2-8,11H,9-10,12-13H2,1H3,(H,21,23)(H,24,25). The van der Waals surface area contributed by atoms with Crippen LogP contribution < -0.4 is 5.32 Å². The summed E-state index contributed by atoms with van der Waals surface area (Å²) in [6.07, 6.45) is 0.272. The van der Waals surface area contributed by atoms with Crippen molar-refractivity contribution in [2.45, 2.75) is 25.5 Å². The van der Waals surface area contributed by atoms with Gasteiger partial charge in [0.15, 0.2) is 5.78 Å². The maximum absolute atomic E-state index is 12.1. The third-order valence-electron chi connectivity index (χ3n) is 3.66. The van der Waals surface area contributed by atoms with Crippen LogP contribution in [0.25, 0.3) is 0 Å². The number of carboxylic acids is 1. The number of carboxylic acid groups (broad SMARTS) is 1. The molecule has 2 aromatic rings. The Kier molecular flexibility index (Phi) is 7.41. The number of hydrogen-bond donors (Lipinski definition) is 2. The third kappa shape index (κ3) is 6.72. The van der Waals surface area contributed by atoms with Crippen LogP contribution >= 0.6 is 11.8 Å². The van der Waals surface area contributed by atoms with Crippen LogP contribution in [0.2, 0.25) is 0 Å². The molecule has 1 amide bonds. The maximum Gasteiger partial charge on any atom is 0.313 e. The highest BCUT2D eigenvalue weighted by Gasteiger charge is 2.10. The fraction of sp³-hybridized carbons (Fsp3) is 0.250. The smallest absolute Gasteiger partial charge is 0.313 e. The minimum Gasteiger partial charge on any atom is -0.481 e. The molecule has 2 rings (SSSR count). The van der Waals surface area contributed by atoms with Crippen LogP contribution in [0.3, 0.4) is 0 Å². The van der Waals surface area contributed by atoms with Crippen LogP contribution in [-0.4, -0.2) is 28.5 Å². The number of aliphatic carboxylic acids is 1. The minimum atomic E-state index is -0.849. The summed E-state index contributed by atoms with van der Waals surface area (Å²) < 4.78 is 0. The van der Waals surface area contributed by atoms with Crippen molar-refractivity contribution in [2.75, 3.05) is 11.1 Å². The molecular formula is C20H21NO4S. The Hall–Kier alpha value is -2.60. The summed E-state index contributed by atoms with van der Waals surface area (Å²) in [6.45, 7) is 1.95. The molecule has 0 spiro atoms. The number of hydrogen-bond acceptors (Lipinski definition) is 4. The molecule has 6 heteroatoms. The highest BCUT2D eigenvalue weighted by atomic mass is 32.2. The molecule has 2 N–H and O–H groups in total. The van der Waals surface area contributed by atoms with Gasteiger partial charge in [-0.3, -0.25) is 14.4 Å². The first kappa shape index (κ1) is 19.7. The Morgan fingerprint density at radius 1 is 1.04 bits per heavy atom. The Balaban J connectivity index is 1.82. The second kappa shape index (κ2) is 9.77. The van der Waals surface area contributed by atoms with Gasteiger partial charge in [-0.25, -0.2) is 0 Å². The van der Waals surface area contributed by atoms with Gasteiger partial charge >= 0.3 is 5.97 Å².